The van der Waals surface area contributed by atoms with Crippen molar-refractivity contribution in [1.82, 2.24) is 0 Å². The first-order chi connectivity index (χ1) is 11.6. The van der Waals surface area contributed by atoms with Crippen molar-refractivity contribution in [3.63, 3.8) is 0 Å². The minimum Gasteiger partial charge on any atom is -0.463 e. The topological polar surface area (TPSA) is 46.5 Å². The van der Waals surface area contributed by atoms with Gasteiger partial charge in [-0.3, -0.25) is 4.79 Å². The van der Waals surface area contributed by atoms with Crippen molar-refractivity contribution in [2.24, 2.45) is 34.0 Å². The zero-order chi connectivity index (χ0) is 18.1. The number of rotatable bonds is 2. The zero-order valence-electron chi connectivity index (χ0n) is 16.6. The molecule has 4 saturated carbocycles. The molecule has 0 amide bonds. The van der Waals surface area contributed by atoms with Crippen molar-refractivity contribution in [3.8, 4) is 0 Å². The molecule has 1 spiro atoms. The minimum absolute atomic E-state index is 0.196. The normalized spacial score (nSPS) is 50.7. The van der Waals surface area contributed by atoms with Crippen molar-refractivity contribution in [1.29, 1.82) is 0 Å². The summed E-state index contributed by atoms with van der Waals surface area (Å²) in [6.07, 6.45) is 11.0. The molecule has 1 N–H and O–H groups in total. The van der Waals surface area contributed by atoms with Gasteiger partial charge < -0.3 is 9.84 Å². The highest BCUT2D eigenvalue weighted by molar-refractivity contribution is 5.65. The first-order valence-corrected chi connectivity index (χ1v) is 10.5. The van der Waals surface area contributed by atoms with Crippen LogP contribution in [0.1, 0.15) is 85.5 Å². The van der Waals surface area contributed by atoms with Crippen molar-refractivity contribution in [2.75, 3.05) is 6.61 Å². The fourth-order valence-corrected chi connectivity index (χ4v) is 8.21. The van der Waals surface area contributed by atoms with Gasteiger partial charge in [-0.1, -0.05) is 27.2 Å². The van der Waals surface area contributed by atoms with Gasteiger partial charge in [-0.25, -0.2) is 0 Å². The zero-order valence-corrected chi connectivity index (χ0v) is 16.6. The van der Waals surface area contributed by atoms with E-state index in [-0.39, 0.29) is 12.6 Å². The molecule has 0 radical (unpaired) electrons. The molecular weight excluding hydrogens is 312 g/mol. The highest BCUT2D eigenvalue weighted by Crippen LogP contribution is 2.75. The third kappa shape index (κ3) is 2.37. The predicted molar refractivity (Wildman–Crippen MR) is 97.9 cm³/mol. The van der Waals surface area contributed by atoms with E-state index in [1.54, 1.807) is 0 Å². The van der Waals surface area contributed by atoms with E-state index in [1.165, 1.54) is 39.0 Å². The molecule has 2 bridgehead atoms. The molecule has 25 heavy (non-hydrogen) atoms. The fourth-order valence-electron chi connectivity index (χ4n) is 8.21. The Hall–Kier alpha value is -0.570. The highest BCUT2D eigenvalue weighted by atomic mass is 16.5. The van der Waals surface area contributed by atoms with Crippen LogP contribution in [0.2, 0.25) is 0 Å². The van der Waals surface area contributed by atoms with Gasteiger partial charge in [0, 0.05) is 6.92 Å². The van der Waals surface area contributed by atoms with E-state index >= 15 is 0 Å². The van der Waals surface area contributed by atoms with Crippen molar-refractivity contribution < 1.29 is 14.6 Å². The van der Waals surface area contributed by atoms with Gasteiger partial charge in [0.05, 0.1) is 0 Å². The van der Waals surface area contributed by atoms with Crippen molar-refractivity contribution in [2.45, 2.75) is 91.1 Å². The molecule has 0 unspecified atom stereocenters. The van der Waals surface area contributed by atoms with E-state index in [2.05, 4.69) is 20.8 Å². The first kappa shape index (κ1) is 17.8. The molecule has 142 valence electrons. The van der Waals surface area contributed by atoms with Crippen molar-refractivity contribution in [3.05, 3.63) is 0 Å². The predicted octanol–water partition coefficient (Wildman–Crippen LogP) is 4.71. The smallest absolute Gasteiger partial charge is 0.302 e. The van der Waals surface area contributed by atoms with Crippen LogP contribution >= 0.6 is 0 Å². The summed E-state index contributed by atoms with van der Waals surface area (Å²) in [6, 6.07) is 0. The molecule has 3 nitrogen and oxygen atoms in total. The van der Waals surface area contributed by atoms with Crippen LogP contribution in [0.15, 0.2) is 0 Å². The summed E-state index contributed by atoms with van der Waals surface area (Å²) in [4.78, 5) is 11.3. The quantitative estimate of drug-likeness (QED) is 0.735. The Morgan fingerprint density at radius 2 is 1.84 bits per heavy atom. The van der Waals surface area contributed by atoms with Gasteiger partial charge in [-0.2, -0.15) is 0 Å². The van der Waals surface area contributed by atoms with E-state index in [0.717, 1.165) is 37.5 Å². The van der Waals surface area contributed by atoms with E-state index in [4.69, 9.17) is 4.74 Å². The molecule has 4 aliphatic rings. The summed E-state index contributed by atoms with van der Waals surface area (Å²) >= 11 is 0. The number of ether oxygens (including phenoxy) is 1. The molecule has 4 fully saturated rings. The summed E-state index contributed by atoms with van der Waals surface area (Å²) in [5.74, 6) is 1.62. The lowest BCUT2D eigenvalue weighted by Crippen LogP contribution is -2.59. The Morgan fingerprint density at radius 1 is 1.08 bits per heavy atom. The van der Waals surface area contributed by atoms with Gasteiger partial charge in [0.25, 0.3) is 0 Å². The summed E-state index contributed by atoms with van der Waals surface area (Å²) in [6.45, 7) is 9.24. The molecule has 3 heteroatoms. The van der Waals surface area contributed by atoms with E-state index < -0.39 is 5.60 Å². The van der Waals surface area contributed by atoms with Gasteiger partial charge in [0.2, 0.25) is 0 Å². The Balaban J connectivity index is 1.64. The average molecular weight is 349 g/mol. The van der Waals surface area contributed by atoms with Crippen LogP contribution in [0.5, 0.6) is 0 Å². The molecule has 0 aliphatic heterocycles. The number of hydrogen-bond acceptors (Lipinski definition) is 3. The Bertz CT molecular complexity index is 570. The van der Waals surface area contributed by atoms with E-state index in [9.17, 15) is 9.90 Å². The number of fused-ring (bicyclic) bond motifs is 2. The summed E-state index contributed by atoms with van der Waals surface area (Å²) in [5, 5.41) is 11.3. The molecule has 6 atom stereocenters. The highest BCUT2D eigenvalue weighted by Gasteiger charge is 2.68. The lowest BCUT2D eigenvalue weighted by atomic mass is 9.39. The van der Waals surface area contributed by atoms with Gasteiger partial charge in [-0.05, 0) is 85.4 Å². The summed E-state index contributed by atoms with van der Waals surface area (Å²) in [7, 11) is 0. The molecule has 4 aliphatic carbocycles. The first-order valence-electron chi connectivity index (χ1n) is 10.5. The second-order valence-corrected chi connectivity index (χ2v) is 10.8. The SMILES string of the molecule is CC(=O)OC[C@]1(O)CC[C@@]23C[C@@H]1C[C@@H]2CC[C@@H]1C(C)(C)CCC[C@@]13C. The van der Waals surface area contributed by atoms with Crippen LogP contribution in [-0.2, 0) is 9.53 Å². The van der Waals surface area contributed by atoms with Gasteiger partial charge >= 0.3 is 5.97 Å². The van der Waals surface area contributed by atoms with Crippen LogP contribution in [0.4, 0.5) is 0 Å². The Labute approximate surface area is 152 Å². The Kier molecular flexibility index (Phi) is 3.90. The van der Waals surface area contributed by atoms with Gasteiger partial charge in [0.15, 0.2) is 0 Å². The second-order valence-electron chi connectivity index (χ2n) is 10.8. The molecule has 0 aromatic rings. The number of hydrogen-bond donors (Lipinski definition) is 1. The number of aliphatic hydroxyl groups is 1. The van der Waals surface area contributed by atoms with Crippen molar-refractivity contribution >= 4 is 5.97 Å². The monoisotopic (exact) mass is 348 g/mol. The maximum absolute atomic E-state index is 11.3. The molecule has 0 aromatic carbocycles. The lowest BCUT2D eigenvalue weighted by Gasteiger charge is -2.65. The van der Waals surface area contributed by atoms with Gasteiger partial charge in [-0.15, -0.1) is 0 Å². The van der Waals surface area contributed by atoms with Crippen LogP contribution in [0.25, 0.3) is 0 Å². The molecule has 0 heterocycles. The van der Waals surface area contributed by atoms with Crippen LogP contribution in [0, 0.1) is 34.0 Å². The molecular formula is C22H36O3. The third-order valence-electron chi connectivity index (χ3n) is 9.42. The summed E-state index contributed by atoms with van der Waals surface area (Å²) < 4.78 is 5.26. The maximum Gasteiger partial charge on any atom is 0.302 e. The van der Waals surface area contributed by atoms with Crippen LogP contribution < -0.4 is 0 Å². The molecule has 0 aromatic heterocycles. The number of esters is 1. The molecule has 0 saturated heterocycles. The maximum atomic E-state index is 11.3. The fraction of sp³-hybridized carbons (Fsp3) is 0.955. The van der Waals surface area contributed by atoms with Crippen LogP contribution in [0.3, 0.4) is 0 Å². The molecule has 4 rings (SSSR count). The van der Waals surface area contributed by atoms with E-state index in [1.807, 2.05) is 0 Å². The third-order valence-corrected chi connectivity index (χ3v) is 9.42. The largest absolute Gasteiger partial charge is 0.463 e. The number of carbonyl (C=O) groups is 1. The van der Waals surface area contributed by atoms with E-state index in [0.29, 0.717) is 22.2 Å². The van der Waals surface area contributed by atoms with Gasteiger partial charge in [0.1, 0.15) is 12.2 Å². The average Bonchev–Trinajstić information content (AvgIpc) is 2.87. The lowest BCUT2D eigenvalue weighted by molar-refractivity contribution is -0.183. The Morgan fingerprint density at radius 3 is 2.56 bits per heavy atom. The second kappa shape index (κ2) is 5.47. The standard InChI is InChI=1S/C22H36O3/c1-15(23)25-14-22(24)11-10-21-13-17(22)12-16(21)6-7-18-19(2,3)8-5-9-20(18,21)4/h16-18,24H,5-14H2,1-4H3/t16-,17-,18+,20-,21+,22+/m0/s1. The minimum atomic E-state index is -0.787. The van der Waals surface area contributed by atoms with Crippen LogP contribution in [-0.4, -0.2) is 23.3 Å². The summed E-state index contributed by atoms with van der Waals surface area (Å²) in [5.41, 5.74) is 0.510. The number of carbonyl (C=O) groups excluding carboxylic acids is 1.